The first-order chi connectivity index (χ1) is 7.53. The van der Waals surface area contributed by atoms with E-state index in [0.29, 0.717) is 4.65 Å². The first-order valence-corrected chi connectivity index (χ1v) is 5.20. The van der Waals surface area contributed by atoms with Gasteiger partial charge in [0.1, 0.15) is 6.54 Å². The molecule has 0 atom stereocenters. The standard InChI is InChI=1S/C13H18NO2/c1-4-13(15)11-16-14(2,3)10-12-8-6-5-7-9-12/h4-9H,1,10-11H2,2-3H3/q+1. The highest BCUT2D eigenvalue weighted by Crippen LogP contribution is 2.09. The van der Waals surface area contributed by atoms with Gasteiger partial charge in [-0.15, -0.1) is 0 Å². The van der Waals surface area contributed by atoms with Crippen molar-refractivity contribution in [3.8, 4) is 0 Å². The van der Waals surface area contributed by atoms with E-state index in [9.17, 15) is 4.79 Å². The molecule has 0 aliphatic carbocycles. The molecule has 0 bridgehead atoms. The Morgan fingerprint density at radius 1 is 1.38 bits per heavy atom. The molecule has 3 heteroatoms. The van der Waals surface area contributed by atoms with Gasteiger partial charge >= 0.3 is 0 Å². The Morgan fingerprint density at radius 3 is 2.56 bits per heavy atom. The van der Waals surface area contributed by atoms with E-state index in [-0.39, 0.29) is 12.4 Å². The summed E-state index contributed by atoms with van der Waals surface area (Å²) in [6.07, 6.45) is 1.28. The molecule has 0 fully saturated rings. The maximum atomic E-state index is 11.1. The van der Waals surface area contributed by atoms with Crippen molar-refractivity contribution in [2.24, 2.45) is 0 Å². The Labute approximate surface area is 96.5 Å². The third-order valence-electron chi connectivity index (χ3n) is 2.19. The number of ketones is 1. The van der Waals surface area contributed by atoms with Gasteiger partial charge in [0.25, 0.3) is 0 Å². The Morgan fingerprint density at radius 2 is 2.00 bits per heavy atom. The highest BCUT2D eigenvalue weighted by Gasteiger charge is 2.18. The molecule has 0 aliphatic heterocycles. The topological polar surface area (TPSA) is 26.3 Å². The fraction of sp³-hybridized carbons (Fsp3) is 0.308. The van der Waals surface area contributed by atoms with Gasteiger partial charge in [-0.3, -0.25) is 4.79 Å². The van der Waals surface area contributed by atoms with Gasteiger partial charge in [-0.1, -0.05) is 36.9 Å². The molecule has 0 N–H and O–H groups in total. The van der Waals surface area contributed by atoms with E-state index in [2.05, 4.69) is 6.58 Å². The van der Waals surface area contributed by atoms with Gasteiger partial charge in [0.2, 0.25) is 0 Å². The zero-order valence-corrected chi connectivity index (χ0v) is 9.85. The van der Waals surface area contributed by atoms with Crippen molar-refractivity contribution in [3.05, 3.63) is 48.6 Å². The van der Waals surface area contributed by atoms with Crippen molar-refractivity contribution >= 4 is 5.78 Å². The number of rotatable bonds is 6. The lowest BCUT2D eigenvalue weighted by Crippen LogP contribution is -2.40. The number of hydrogen-bond donors (Lipinski definition) is 0. The number of benzene rings is 1. The summed E-state index contributed by atoms with van der Waals surface area (Å²) in [5.41, 5.74) is 1.18. The minimum absolute atomic E-state index is 0.0728. The van der Waals surface area contributed by atoms with Crippen LogP contribution < -0.4 is 0 Å². The van der Waals surface area contributed by atoms with E-state index in [4.69, 9.17) is 4.84 Å². The zero-order valence-electron chi connectivity index (χ0n) is 9.85. The molecule has 0 radical (unpaired) electrons. The Hall–Kier alpha value is -1.45. The van der Waals surface area contributed by atoms with Crippen LogP contribution >= 0.6 is 0 Å². The van der Waals surface area contributed by atoms with E-state index < -0.39 is 0 Å². The monoisotopic (exact) mass is 220 g/mol. The van der Waals surface area contributed by atoms with Crippen molar-refractivity contribution < 1.29 is 14.3 Å². The molecular formula is C13H18NO2+. The normalized spacial score (nSPS) is 11.1. The second kappa shape index (κ2) is 5.58. The first-order valence-electron chi connectivity index (χ1n) is 5.20. The van der Waals surface area contributed by atoms with E-state index >= 15 is 0 Å². The number of hydroxylamine groups is 3. The summed E-state index contributed by atoms with van der Waals surface area (Å²) in [4.78, 5) is 16.6. The summed E-state index contributed by atoms with van der Waals surface area (Å²) in [6.45, 7) is 4.21. The predicted molar refractivity (Wildman–Crippen MR) is 63.4 cm³/mol. The molecule has 0 saturated carbocycles. The molecule has 0 spiro atoms. The van der Waals surface area contributed by atoms with Crippen LogP contribution in [0.1, 0.15) is 5.56 Å². The van der Waals surface area contributed by atoms with Crippen molar-refractivity contribution in [1.29, 1.82) is 0 Å². The molecule has 0 heterocycles. The summed E-state index contributed by atoms with van der Waals surface area (Å²) in [5.74, 6) is -0.0979. The Bertz CT molecular complexity index is 357. The fourth-order valence-corrected chi connectivity index (χ4v) is 1.37. The average Bonchev–Trinajstić information content (AvgIpc) is 2.27. The molecule has 1 rings (SSSR count). The molecular weight excluding hydrogens is 202 g/mol. The van der Waals surface area contributed by atoms with E-state index in [0.717, 1.165) is 6.54 Å². The van der Waals surface area contributed by atoms with Crippen molar-refractivity contribution in [1.82, 2.24) is 0 Å². The Kier molecular flexibility index (Phi) is 4.40. The van der Waals surface area contributed by atoms with Crippen LogP contribution in [0, 0.1) is 0 Å². The van der Waals surface area contributed by atoms with Crippen LogP contribution in [-0.2, 0) is 16.2 Å². The second-order valence-electron chi connectivity index (χ2n) is 4.16. The van der Waals surface area contributed by atoms with Crippen LogP contribution in [0.15, 0.2) is 43.0 Å². The predicted octanol–water partition coefficient (Wildman–Crippen LogP) is 1.95. The average molecular weight is 220 g/mol. The lowest BCUT2D eigenvalue weighted by molar-refractivity contribution is -1.09. The smallest absolute Gasteiger partial charge is 0.187 e. The van der Waals surface area contributed by atoms with E-state index in [1.54, 1.807) is 0 Å². The van der Waals surface area contributed by atoms with Gasteiger partial charge in [-0.05, 0) is 6.08 Å². The highest BCUT2D eigenvalue weighted by atomic mass is 16.7. The molecule has 1 aromatic rings. The fourth-order valence-electron chi connectivity index (χ4n) is 1.37. The van der Waals surface area contributed by atoms with E-state index in [1.807, 2.05) is 44.4 Å². The van der Waals surface area contributed by atoms with Crippen LogP contribution in [0.5, 0.6) is 0 Å². The first kappa shape index (κ1) is 12.6. The van der Waals surface area contributed by atoms with Crippen LogP contribution in [0.4, 0.5) is 0 Å². The largest absolute Gasteiger partial charge is 0.292 e. The summed E-state index contributed by atoms with van der Waals surface area (Å²) < 4.78 is 0.323. The molecule has 1 aromatic carbocycles. The molecule has 86 valence electrons. The highest BCUT2D eigenvalue weighted by molar-refractivity contribution is 5.90. The van der Waals surface area contributed by atoms with Gasteiger partial charge in [0, 0.05) is 5.56 Å². The summed E-state index contributed by atoms with van der Waals surface area (Å²) in [7, 11) is 3.84. The lowest BCUT2D eigenvalue weighted by Gasteiger charge is -2.26. The molecule has 0 unspecified atom stereocenters. The van der Waals surface area contributed by atoms with Gasteiger partial charge in [-0.2, -0.15) is 9.48 Å². The van der Waals surface area contributed by atoms with Crippen molar-refractivity contribution in [3.63, 3.8) is 0 Å². The number of quaternary nitrogens is 1. The Balaban J connectivity index is 2.51. The molecule has 16 heavy (non-hydrogen) atoms. The number of carbonyl (C=O) groups excluding carboxylic acids is 1. The summed E-state index contributed by atoms with van der Waals surface area (Å²) in [6, 6.07) is 10.0. The number of nitrogens with zero attached hydrogens (tertiary/aromatic N) is 1. The van der Waals surface area contributed by atoms with Crippen LogP contribution in [-0.4, -0.2) is 31.1 Å². The SMILES string of the molecule is C=CC(=O)CO[N+](C)(C)Cc1ccccc1. The maximum Gasteiger partial charge on any atom is 0.187 e. The maximum absolute atomic E-state index is 11.1. The molecule has 0 saturated heterocycles. The summed E-state index contributed by atoms with van der Waals surface area (Å²) >= 11 is 0. The molecule has 0 aliphatic rings. The third-order valence-corrected chi connectivity index (χ3v) is 2.19. The molecule has 0 amide bonds. The zero-order chi connectivity index (χ0) is 12.0. The van der Waals surface area contributed by atoms with Crippen LogP contribution in [0.3, 0.4) is 0 Å². The minimum atomic E-state index is -0.0979. The van der Waals surface area contributed by atoms with Gasteiger partial charge in [-0.25, -0.2) is 0 Å². The third kappa shape index (κ3) is 4.38. The van der Waals surface area contributed by atoms with Crippen LogP contribution in [0.25, 0.3) is 0 Å². The second-order valence-corrected chi connectivity index (χ2v) is 4.16. The van der Waals surface area contributed by atoms with E-state index in [1.165, 1.54) is 11.6 Å². The molecule has 0 aromatic heterocycles. The quantitative estimate of drug-likeness (QED) is 0.416. The van der Waals surface area contributed by atoms with Crippen molar-refractivity contribution in [2.45, 2.75) is 6.54 Å². The lowest BCUT2D eigenvalue weighted by atomic mass is 10.2. The summed E-state index contributed by atoms with van der Waals surface area (Å²) in [5, 5.41) is 0. The van der Waals surface area contributed by atoms with Crippen molar-refractivity contribution in [2.75, 3.05) is 20.7 Å². The minimum Gasteiger partial charge on any atom is -0.292 e. The number of hydrogen-bond acceptors (Lipinski definition) is 2. The van der Waals surface area contributed by atoms with Crippen LogP contribution in [0.2, 0.25) is 0 Å². The number of carbonyl (C=O) groups is 1. The van der Waals surface area contributed by atoms with Gasteiger partial charge in [0.15, 0.2) is 12.4 Å². The van der Waals surface area contributed by atoms with Gasteiger partial charge in [0.05, 0.1) is 14.1 Å². The molecule has 3 nitrogen and oxygen atoms in total. The van der Waals surface area contributed by atoms with Gasteiger partial charge < -0.3 is 0 Å².